The van der Waals surface area contributed by atoms with Gasteiger partial charge in [0.1, 0.15) is 22.2 Å². The molecule has 26 heavy (non-hydrogen) atoms. The van der Waals surface area contributed by atoms with Crippen LogP contribution in [-0.2, 0) is 37.5 Å². The monoisotopic (exact) mass is 385 g/mol. The first-order valence-electron chi connectivity index (χ1n) is 8.03. The third kappa shape index (κ3) is 2.91. The molecule has 1 atom stereocenters. The number of pyridine rings is 1. The van der Waals surface area contributed by atoms with Crippen LogP contribution in [0, 0.1) is 0 Å². The molecule has 10 heteroatoms. The van der Waals surface area contributed by atoms with Crippen molar-refractivity contribution >= 4 is 21.8 Å². The molecule has 0 aliphatic rings. The Morgan fingerprint density at radius 2 is 1.85 bits per heavy atom. The zero-order valence-electron chi connectivity index (χ0n) is 14.8. The zero-order valence-corrected chi connectivity index (χ0v) is 15.6. The van der Waals surface area contributed by atoms with Gasteiger partial charge in [-0.3, -0.25) is 4.21 Å². The number of fused-ring (bicyclic) bond motifs is 1. The van der Waals surface area contributed by atoms with Crippen LogP contribution < -0.4 is 0 Å². The highest BCUT2D eigenvalue weighted by atomic mass is 32.2. The van der Waals surface area contributed by atoms with E-state index in [1.54, 1.807) is 30.2 Å². The Balaban J connectivity index is 2.26. The highest BCUT2D eigenvalue weighted by molar-refractivity contribution is 7.85. The number of rotatable bonds is 4. The molecule has 6 nitrogen and oxygen atoms in total. The maximum absolute atomic E-state index is 12.9. The fraction of sp³-hybridized carbons (Fsp3) is 0.438. The average molecular weight is 385 g/mol. The van der Waals surface area contributed by atoms with Crippen LogP contribution in [0.15, 0.2) is 17.3 Å². The number of imidazole rings is 2. The summed E-state index contributed by atoms with van der Waals surface area (Å²) < 4.78 is 54.7. The lowest BCUT2D eigenvalue weighted by Gasteiger charge is -2.06. The summed E-state index contributed by atoms with van der Waals surface area (Å²) in [5.41, 5.74) is 0.0470. The van der Waals surface area contributed by atoms with E-state index in [1.165, 1.54) is 0 Å². The molecule has 0 aliphatic heterocycles. The highest BCUT2D eigenvalue weighted by Gasteiger charge is 2.33. The highest BCUT2D eigenvalue weighted by Crippen LogP contribution is 2.32. The van der Waals surface area contributed by atoms with E-state index >= 15 is 0 Å². The Morgan fingerprint density at radius 3 is 2.42 bits per heavy atom. The van der Waals surface area contributed by atoms with Crippen molar-refractivity contribution in [3.63, 3.8) is 0 Å². The normalized spacial score (nSPS) is 13.5. The molecule has 0 amide bonds. The first-order chi connectivity index (χ1) is 12.2. The van der Waals surface area contributed by atoms with E-state index in [0.717, 1.165) is 18.1 Å². The van der Waals surface area contributed by atoms with E-state index in [1.807, 2.05) is 6.92 Å². The van der Waals surface area contributed by atoms with Gasteiger partial charge in [0, 0.05) is 26.3 Å². The van der Waals surface area contributed by atoms with Gasteiger partial charge in [0.2, 0.25) is 0 Å². The summed E-state index contributed by atoms with van der Waals surface area (Å²) in [5, 5.41) is 0.520. The van der Waals surface area contributed by atoms with Crippen molar-refractivity contribution in [1.82, 2.24) is 24.1 Å². The molecule has 0 saturated heterocycles. The number of aromatic nitrogens is 5. The Bertz CT molecular complexity index is 1010. The van der Waals surface area contributed by atoms with Crippen LogP contribution in [0.5, 0.6) is 0 Å². The second kappa shape index (κ2) is 6.49. The summed E-state index contributed by atoms with van der Waals surface area (Å²) >= 11 is 0. The molecule has 0 aromatic carbocycles. The molecular weight excluding hydrogens is 367 g/mol. The minimum atomic E-state index is -4.54. The third-order valence-corrected chi connectivity index (χ3v) is 5.62. The van der Waals surface area contributed by atoms with E-state index in [4.69, 9.17) is 0 Å². The minimum absolute atomic E-state index is 0.168. The fourth-order valence-electron chi connectivity index (χ4n) is 2.84. The lowest BCUT2D eigenvalue weighted by molar-refractivity contribution is -0.141. The maximum Gasteiger partial charge on any atom is 0.433 e. The number of halogens is 3. The predicted octanol–water partition coefficient (Wildman–Crippen LogP) is 3.08. The molecule has 3 aromatic heterocycles. The molecule has 0 radical (unpaired) electrons. The second-order valence-corrected chi connectivity index (χ2v) is 7.43. The first kappa shape index (κ1) is 18.6. The van der Waals surface area contributed by atoms with Crippen molar-refractivity contribution in [2.45, 2.75) is 31.5 Å². The standard InChI is InChI=1S/C16H18F3N5OS/c1-5-12-22-13(15(24(12)4)26(25)6-2)14-21-9-7-11(16(17,18)19)20-8-10(9)23(14)3/h7-8H,5-6H2,1-4H3. The molecule has 1 unspecified atom stereocenters. The topological polar surface area (TPSA) is 65.6 Å². The molecule has 140 valence electrons. The lowest BCUT2D eigenvalue weighted by Crippen LogP contribution is -2.07. The van der Waals surface area contributed by atoms with Crippen LogP contribution >= 0.6 is 0 Å². The SMILES string of the molecule is CCc1nc(-c2nc3cc(C(F)(F)F)ncc3n2C)c(S(=O)CC)n1C. The molecule has 0 saturated carbocycles. The van der Waals surface area contributed by atoms with Crippen molar-refractivity contribution in [2.24, 2.45) is 14.1 Å². The molecule has 0 aliphatic carbocycles. The number of alkyl halides is 3. The molecule has 0 N–H and O–H groups in total. The molecule has 3 rings (SSSR count). The minimum Gasteiger partial charge on any atom is -0.324 e. The van der Waals surface area contributed by atoms with E-state index in [9.17, 15) is 17.4 Å². The summed E-state index contributed by atoms with van der Waals surface area (Å²) in [7, 11) is 2.17. The summed E-state index contributed by atoms with van der Waals surface area (Å²) in [4.78, 5) is 12.4. The van der Waals surface area contributed by atoms with Crippen molar-refractivity contribution < 1.29 is 17.4 Å². The molecule has 3 heterocycles. The number of hydrogen-bond donors (Lipinski definition) is 0. The van der Waals surface area contributed by atoms with Crippen molar-refractivity contribution in [3.8, 4) is 11.5 Å². The summed E-state index contributed by atoms with van der Waals surface area (Å²) in [6.07, 6.45) is -2.76. The number of aryl methyl sites for hydroxylation is 2. The van der Waals surface area contributed by atoms with Gasteiger partial charge >= 0.3 is 6.18 Å². The van der Waals surface area contributed by atoms with Crippen LogP contribution in [-0.4, -0.2) is 34.0 Å². The number of hydrogen-bond acceptors (Lipinski definition) is 4. The van der Waals surface area contributed by atoms with Gasteiger partial charge in [-0.15, -0.1) is 0 Å². The fourth-order valence-corrected chi connectivity index (χ4v) is 3.88. The molecule has 0 fully saturated rings. The Hall–Kier alpha value is -2.23. The maximum atomic E-state index is 12.9. The van der Waals surface area contributed by atoms with Gasteiger partial charge in [-0.25, -0.2) is 15.0 Å². The van der Waals surface area contributed by atoms with Crippen molar-refractivity contribution in [1.29, 1.82) is 0 Å². The first-order valence-corrected chi connectivity index (χ1v) is 9.34. The van der Waals surface area contributed by atoms with E-state index in [2.05, 4.69) is 15.0 Å². The predicted molar refractivity (Wildman–Crippen MR) is 92.0 cm³/mol. The molecule has 3 aromatic rings. The molecular formula is C16H18F3N5OS. The van der Waals surface area contributed by atoms with E-state index in [-0.39, 0.29) is 5.52 Å². The second-order valence-electron chi connectivity index (χ2n) is 5.78. The third-order valence-electron chi connectivity index (χ3n) is 4.20. The lowest BCUT2D eigenvalue weighted by atomic mass is 10.3. The van der Waals surface area contributed by atoms with Gasteiger partial charge in [0.15, 0.2) is 5.82 Å². The smallest absolute Gasteiger partial charge is 0.324 e. The van der Waals surface area contributed by atoms with Gasteiger partial charge in [0.25, 0.3) is 0 Å². The van der Waals surface area contributed by atoms with Gasteiger partial charge in [-0.2, -0.15) is 13.2 Å². The average Bonchev–Trinajstić information content (AvgIpc) is 3.10. The molecule has 0 spiro atoms. The Kier molecular flexibility index (Phi) is 4.63. The van der Waals surface area contributed by atoms with E-state index < -0.39 is 22.7 Å². The quantitative estimate of drug-likeness (QED) is 0.692. The summed E-state index contributed by atoms with van der Waals surface area (Å²) in [5.74, 6) is 1.51. The van der Waals surface area contributed by atoms with Gasteiger partial charge in [-0.05, 0) is 6.07 Å². The van der Waals surface area contributed by atoms with Crippen LogP contribution in [0.2, 0.25) is 0 Å². The largest absolute Gasteiger partial charge is 0.433 e. The van der Waals surface area contributed by atoms with Gasteiger partial charge < -0.3 is 9.13 Å². The van der Waals surface area contributed by atoms with Gasteiger partial charge in [0.05, 0.1) is 28.0 Å². The summed E-state index contributed by atoms with van der Waals surface area (Å²) in [6, 6.07) is 0.916. The zero-order chi connectivity index (χ0) is 19.2. The van der Waals surface area contributed by atoms with E-state index in [0.29, 0.717) is 34.2 Å². The molecule has 0 bridgehead atoms. The number of nitrogens with zero attached hydrogens (tertiary/aromatic N) is 5. The summed E-state index contributed by atoms with van der Waals surface area (Å²) in [6.45, 7) is 3.73. The van der Waals surface area contributed by atoms with Gasteiger partial charge in [-0.1, -0.05) is 13.8 Å². The van der Waals surface area contributed by atoms with Crippen LogP contribution in [0.1, 0.15) is 25.4 Å². The van der Waals surface area contributed by atoms with Crippen LogP contribution in [0.3, 0.4) is 0 Å². The van der Waals surface area contributed by atoms with Crippen molar-refractivity contribution in [3.05, 3.63) is 23.8 Å². The Labute approximate surface area is 150 Å². The van der Waals surface area contributed by atoms with Crippen LogP contribution in [0.4, 0.5) is 13.2 Å². The van der Waals surface area contributed by atoms with Crippen LogP contribution in [0.25, 0.3) is 22.6 Å². The van der Waals surface area contributed by atoms with Crippen molar-refractivity contribution in [2.75, 3.05) is 5.75 Å². The Morgan fingerprint density at radius 1 is 1.15 bits per heavy atom.